The molecule has 7 heteroatoms. The Balaban J connectivity index is 0.00000484. The van der Waals surface area contributed by atoms with Crippen LogP contribution in [-0.4, -0.2) is 40.4 Å². The van der Waals surface area contributed by atoms with Crippen LogP contribution in [0.5, 0.6) is 17.2 Å². The number of nitrogens with one attached hydrogen (secondary N) is 2. The molecule has 0 radical (unpaired) electrons. The summed E-state index contributed by atoms with van der Waals surface area (Å²) in [6.07, 6.45) is 1.78. The maximum Gasteiger partial charge on any atom is 0.191 e. The molecule has 0 aliphatic carbocycles. The Bertz CT molecular complexity index is 496. The maximum absolute atomic E-state index is 5.42. The Labute approximate surface area is 155 Å². The van der Waals surface area contributed by atoms with Crippen LogP contribution >= 0.6 is 24.0 Å². The molecule has 0 aliphatic heterocycles. The molecule has 0 saturated carbocycles. The van der Waals surface area contributed by atoms with Crippen molar-refractivity contribution < 1.29 is 14.2 Å². The third kappa shape index (κ3) is 6.55. The molecule has 0 aromatic heterocycles. The summed E-state index contributed by atoms with van der Waals surface area (Å²) in [6.45, 7) is 7.54. The van der Waals surface area contributed by atoms with Gasteiger partial charge in [0.15, 0.2) is 5.96 Å². The lowest BCUT2D eigenvalue weighted by Crippen LogP contribution is -2.37. The summed E-state index contributed by atoms with van der Waals surface area (Å²) in [5, 5.41) is 6.32. The highest BCUT2D eigenvalue weighted by Crippen LogP contribution is 2.34. The summed E-state index contributed by atoms with van der Waals surface area (Å²) >= 11 is 0. The highest BCUT2D eigenvalue weighted by molar-refractivity contribution is 14.0. The fourth-order valence-corrected chi connectivity index (χ4v) is 1.90. The molecule has 0 fully saturated rings. The van der Waals surface area contributed by atoms with Gasteiger partial charge in [-0.05, 0) is 6.92 Å². The van der Waals surface area contributed by atoms with E-state index in [2.05, 4.69) is 22.2 Å². The van der Waals surface area contributed by atoms with Gasteiger partial charge >= 0.3 is 0 Å². The lowest BCUT2D eigenvalue weighted by molar-refractivity contribution is 0.369. The van der Waals surface area contributed by atoms with Crippen molar-refractivity contribution in [3.05, 3.63) is 30.4 Å². The smallest absolute Gasteiger partial charge is 0.191 e. The monoisotopic (exact) mass is 435 g/mol. The van der Waals surface area contributed by atoms with Crippen molar-refractivity contribution in [3.8, 4) is 17.2 Å². The summed E-state index contributed by atoms with van der Waals surface area (Å²) in [7, 11) is 4.83. The molecule has 1 aromatic carbocycles. The van der Waals surface area contributed by atoms with Gasteiger partial charge in [0.25, 0.3) is 0 Å². The molecular formula is C16H26IN3O3. The first-order valence-corrected chi connectivity index (χ1v) is 7.12. The Morgan fingerprint density at radius 1 is 1.13 bits per heavy atom. The molecule has 1 rings (SSSR count). The standard InChI is InChI=1S/C16H25N3O3.HI/c1-6-8-18-16(17-7-2)19-11-13-14(21-4)9-12(20-3)10-15(13)22-5;/h6,9-10H,1,7-8,11H2,2-5H3,(H2,17,18,19);1H. The molecular weight excluding hydrogens is 409 g/mol. The third-order valence-corrected chi connectivity index (χ3v) is 2.97. The second-order valence-electron chi connectivity index (χ2n) is 4.38. The van der Waals surface area contributed by atoms with Crippen molar-refractivity contribution in [2.75, 3.05) is 34.4 Å². The van der Waals surface area contributed by atoms with Gasteiger partial charge in [-0.1, -0.05) is 6.08 Å². The van der Waals surface area contributed by atoms with Gasteiger partial charge in [-0.25, -0.2) is 4.99 Å². The molecule has 0 aliphatic rings. The fraction of sp³-hybridized carbons (Fsp3) is 0.438. The zero-order valence-electron chi connectivity index (χ0n) is 14.1. The van der Waals surface area contributed by atoms with E-state index in [9.17, 15) is 0 Å². The van der Waals surface area contributed by atoms with E-state index >= 15 is 0 Å². The number of aliphatic imine (C=N–C) groups is 1. The highest BCUT2D eigenvalue weighted by atomic mass is 127. The van der Waals surface area contributed by atoms with Crippen LogP contribution in [-0.2, 0) is 6.54 Å². The number of rotatable bonds is 8. The lowest BCUT2D eigenvalue weighted by Gasteiger charge is -2.15. The van der Waals surface area contributed by atoms with E-state index in [1.54, 1.807) is 27.4 Å². The van der Waals surface area contributed by atoms with E-state index in [4.69, 9.17) is 14.2 Å². The molecule has 2 N–H and O–H groups in total. The van der Waals surface area contributed by atoms with Crippen molar-refractivity contribution in [1.29, 1.82) is 0 Å². The van der Waals surface area contributed by atoms with Crippen LogP contribution in [0.2, 0.25) is 0 Å². The van der Waals surface area contributed by atoms with Crippen LogP contribution in [0.15, 0.2) is 29.8 Å². The van der Waals surface area contributed by atoms with E-state index in [0.717, 1.165) is 12.1 Å². The van der Waals surface area contributed by atoms with Crippen LogP contribution in [0.1, 0.15) is 12.5 Å². The van der Waals surface area contributed by atoms with Crippen LogP contribution in [0.4, 0.5) is 0 Å². The zero-order chi connectivity index (χ0) is 16.4. The number of benzene rings is 1. The number of ether oxygens (including phenoxy) is 3. The first-order chi connectivity index (χ1) is 10.7. The topological polar surface area (TPSA) is 64.1 Å². The number of methoxy groups -OCH3 is 3. The highest BCUT2D eigenvalue weighted by Gasteiger charge is 2.13. The van der Waals surface area contributed by atoms with E-state index < -0.39 is 0 Å². The van der Waals surface area contributed by atoms with Gasteiger partial charge in [0, 0.05) is 25.2 Å². The van der Waals surface area contributed by atoms with Crippen LogP contribution in [0.3, 0.4) is 0 Å². The zero-order valence-corrected chi connectivity index (χ0v) is 16.5. The van der Waals surface area contributed by atoms with Crippen molar-refractivity contribution >= 4 is 29.9 Å². The molecule has 23 heavy (non-hydrogen) atoms. The van der Waals surface area contributed by atoms with Gasteiger partial charge in [-0.3, -0.25) is 0 Å². The number of halogens is 1. The summed E-state index contributed by atoms with van der Waals surface area (Å²) in [5.41, 5.74) is 0.863. The van der Waals surface area contributed by atoms with Gasteiger partial charge in [-0.2, -0.15) is 0 Å². The van der Waals surface area contributed by atoms with Crippen molar-refractivity contribution in [2.45, 2.75) is 13.5 Å². The van der Waals surface area contributed by atoms with E-state index in [1.165, 1.54) is 0 Å². The normalized spacial score (nSPS) is 10.3. The molecule has 1 aromatic rings. The molecule has 0 bridgehead atoms. The molecule has 6 nitrogen and oxygen atoms in total. The summed E-state index contributed by atoms with van der Waals surface area (Å²) in [4.78, 5) is 4.54. The molecule has 0 heterocycles. The van der Waals surface area contributed by atoms with E-state index in [1.807, 2.05) is 19.1 Å². The van der Waals surface area contributed by atoms with Gasteiger partial charge in [-0.15, -0.1) is 30.6 Å². The predicted octanol–water partition coefficient (Wildman–Crippen LogP) is 2.57. The average molecular weight is 435 g/mol. The summed E-state index contributed by atoms with van der Waals surface area (Å²) in [5.74, 6) is 2.75. The SMILES string of the molecule is C=CCNC(=NCc1c(OC)cc(OC)cc1OC)NCC.I. The molecule has 0 atom stereocenters. The Kier molecular flexibility index (Phi) is 11.0. The third-order valence-electron chi connectivity index (χ3n) is 2.97. The maximum atomic E-state index is 5.42. The van der Waals surface area contributed by atoms with Crippen molar-refractivity contribution in [2.24, 2.45) is 4.99 Å². The largest absolute Gasteiger partial charge is 0.496 e. The van der Waals surface area contributed by atoms with Crippen LogP contribution in [0, 0.1) is 0 Å². The number of guanidine groups is 1. The van der Waals surface area contributed by atoms with Gasteiger partial charge < -0.3 is 24.8 Å². The minimum atomic E-state index is 0. The fourth-order valence-electron chi connectivity index (χ4n) is 1.90. The summed E-state index contributed by atoms with van der Waals surface area (Å²) in [6, 6.07) is 3.63. The quantitative estimate of drug-likeness (QED) is 0.285. The minimum absolute atomic E-state index is 0. The number of nitrogens with zero attached hydrogens (tertiary/aromatic N) is 1. The second kappa shape index (κ2) is 11.9. The first kappa shape index (κ1) is 21.4. The Morgan fingerprint density at radius 2 is 1.74 bits per heavy atom. The van der Waals surface area contributed by atoms with Gasteiger partial charge in [0.1, 0.15) is 17.2 Å². The minimum Gasteiger partial charge on any atom is -0.496 e. The lowest BCUT2D eigenvalue weighted by atomic mass is 10.1. The molecule has 0 amide bonds. The van der Waals surface area contributed by atoms with Crippen LogP contribution < -0.4 is 24.8 Å². The Morgan fingerprint density at radius 3 is 2.17 bits per heavy atom. The van der Waals surface area contributed by atoms with Crippen molar-refractivity contribution in [3.63, 3.8) is 0 Å². The summed E-state index contributed by atoms with van der Waals surface area (Å²) < 4.78 is 16.1. The first-order valence-electron chi connectivity index (χ1n) is 7.12. The second-order valence-corrected chi connectivity index (χ2v) is 4.38. The number of hydrogen-bond donors (Lipinski definition) is 2. The molecule has 0 spiro atoms. The van der Waals surface area contributed by atoms with Crippen LogP contribution in [0.25, 0.3) is 0 Å². The van der Waals surface area contributed by atoms with E-state index in [0.29, 0.717) is 36.3 Å². The average Bonchev–Trinajstić information content (AvgIpc) is 2.56. The molecule has 0 saturated heterocycles. The predicted molar refractivity (Wildman–Crippen MR) is 105 cm³/mol. The van der Waals surface area contributed by atoms with Gasteiger partial charge in [0.05, 0.1) is 33.4 Å². The number of hydrogen-bond acceptors (Lipinski definition) is 4. The van der Waals surface area contributed by atoms with Crippen molar-refractivity contribution in [1.82, 2.24) is 10.6 Å². The Hall–Kier alpha value is -1.64. The van der Waals surface area contributed by atoms with Gasteiger partial charge in [0.2, 0.25) is 0 Å². The molecule has 130 valence electrons. The van der Waals surface area contributed by atoms with E-state index in [-0.39, 0.29) is 24.0 Å². The molecule has 0 unspecified atom stereocenters.